The molecule has 8 heteroatoms. The lowest BCUT2D eigenvalue weighted by Gasteiger charge is -2.19. The summed E-state index contributed by atoms with van der Waals surface area (Å²) in [5.41, 5.74) is 1.80. The van der Waals surface area contributed by atoms with E-state index in [1.54, 1.807) is 47.5 Å². The van der Waals surface area contributed by atoms with E-state index in [4.69, 9.17) is 4.42 Å². The predicted octanol–water partition coefficient (Wildman–Crippen LogP) is 1.02. The maximum absolute atomic E-state index is 12.5. The van der Waals surface area contributed by atoms with Crippen molar-refractivity contribution in [2.45, 2.75) is 6.04 Å². The van der Waals surface area contributed by atoms with E-state index >= 15 is 0 Å². The van der Waals surface area contributed by atoms with Crippen LogP contribution in [0, 0.1) is 11.8 Å². The Morgan fingerprint density at radius 2 is 2.00 bits per heavy atom. The number of nitrogens with one attached hydrogen (secondary N) is 2. The smallest absolute Gasteiger partial charge is 0.408 e. The Hall–Kier alpha value is -3.42. The Labute approximate surface area is 153 Å². The van der Waals surface area contributed by atoms with Crippen molar-refractivity contribution in [2.75, 3.05) is 13.1 Å². The molecular weight excluding hydrogens is 348 g/mol. The molecule has 1 saturated heterocycles. The van der Waals surface area contributed by atoms with Crippen LogP contribution in [0.2, 0.25) is 0 Å². The summed E-state index contributed by atoms with van der Waals surface area (Å²) in [7, 11) is 0. The summed E-state index contributed by atoms with van der Waals surface area (Å²) in [4.78, 5) is 44.6. The number of H-pyrrole nitrogens is 1. The van der Waals surface area contributed by atoms with Gasteiger partial charge in [0.1, 0.15) is 5.69 Å². The molecule has 2 aromatic heterocycles. The summed E-state index contributed by atoms with van der Waals surface area (Å²) in [6, 6.07) is 10.2. The first kappa shape index (κ1) is 15.8. The second-order valence-corrected chi connectivity index (χ2v) is 6.98. The minimum atomic E-state index is -0.544. The summed E-state index contributed by atoms with van der Waals surface area (Å²) in [5.74, 6) is -0.272. The number of rotatable bonds is 3. The number of oxazole rings is 1. The topological polar surface area (TPSA) is 108 Å². The number of aromatic amines is 1. The largest absolute Gasteiger partial charge is 0.417 e. The molecule has 1 saturated carbocycles. The Balaban J connectivity index is 1.22. The van der Waals surface area contributed by atoms with Crippen molar-refractivity contribution < 1.29 is 14.0 Å². The van der Waals surface area contributed by atoms with Crippen LogP contribution in [-0.4, -0.2) is 45.8 Å². The number of fused-ring (bicyclic) bond motifs is 2. The first-order valence-electron chi connectivity index (χ1n) is 8.74. The summed E-state index contributed by atoms with van der Waals surface area (Å²) in [5, 5.41) is 3.02. The third-order valence-corrected chi connectivity index (χ3v) is 5.35. The minimum Gasteiger partial charge on any atom is -0.408 e. The first-order valence-corrected chi connectivity index (χ1v) is 8.74. The summed E-state index contributed by atoms with van der Waals surface area (Å²) >= 11 is 0. The van der Waals surface area contributed by atoms with Crippen LogP contribution in [0.4, 0.5) is 0 Å². The van der Waals surface area contributed by atoms with Gasteiger partial charge < -0.3 is 14.6 Å². The van der Waals surface area contributed by atoms with Gasteiger partial charge in [0.25, 0.3) is 11.8 Å². The molecule has 27 heavy (non-hydrogen) atoms. The molecule has 2 fully saturated rings. The molecule has 2 amide bonds. The van der Waals surface area contributed by atoms with Gasteiger partial charge in [-0.25, -0.2) is 4.79 Å². The molecule has 5 rings (SSSR count). The number of aromatic nitrogens is 2. The third-order valence-electron chi connectivity index (χ3n) is 5.35. The van der Waals surface area contributed by atoms with Crippen LogP contribution in [0.25, 0.3) is 11.1 Å². The molecular formula is C19H16N4O4. The number of hydrogen-bond acceptors (Lipinski definition) is 5. The lowest BCUT2D eigenvalue weighted by atomic mass is 10.2. The maximum atomic E-state index is 12.5. The van der Waals surface area contributed by atoms with Crippen LogP contribution >= 0.6 is 0 Å². The lowest BCUT2D eigenvalue weighted by molar-refractivity contribution is 0.0763. The van der Waals surface area contributed by atoms with Crippen molar-refractivity contribution in [3.05, 3.63) is 64.4 Å². The zero-order valence-electron chi connectivity index (χ0n) is 14.2. The van der Waals surface area contributed by atoms with Crippen molar-refractivity contribution in [3.8, 4) is 0 Å². The molecule has 1 aliphatic heterocycles. The van der Waals surface area contributed by atoms with E-state index in [9.17, 15) is 14.4 Å². The van der Waals surface area contributed by atoms with E-state index in [0.29, 0.717) is 35.4 Å². The van der Waals surface area contributed by atoms with Gasteiger partial charge in [-0.05, 0) is 30.3 Å². The monoisotopic (exact) mass is 364 g/mol. The van der Waals surface area contributed by atoms with Gasteiger partial charge in [0.15, 0.2) is 5.58 Å². The number of nitrogens with zero attached hydrogens (tertiary/aromatic N) is 2. The molecule has 3 aromatic rings. The van der Waals surface area contributed by atoms with E-state index in [0.717, 1.165) is 0 Å². The predicted molar refractivity (Wildman–Crippen MR) is 95.2 cm³/mol. The van der Waals surface area contributed by atoms with Gasteiger partial charge in [0.2, 0.25) is 0 Å². The number of pyridine rings is 1. The number of piperidine rings is 1. The minimum absolute atomic E-state index is 0.0687. The van der Waals surface area contributed by atoms with E-state index in [2.05, 4.69) is 15.3 Å². The quantitative estimate of drug-likeness (QED) is 0.721. The van der Waals surface area contributed by atoms with Crippen LogP contribution in [0.15, 0.2) is 51.8 Å². The number of amides is 2. The van der Waals surface area contributed by atoms with E-state index < -0.39 is 5.76 Å². The van der Waals surface area contributed by atoms with E-state index in [-0.39, 0.29) is 29.7 Å². The molecule has 8 nitrogen and oxygen atoms in total. The van der Waals surface area contributed by atoms with E-state index in [1.807, 2.05) is 0 Å². The van der Waals surface area contributed by atoms with Crippen LogP contribution in [0.5, 0.6) is 0 Å². The second-order valence-electron chi connectivity index (χ2n) is 6.98. The highest BCUT2D eigenvalue weighted by atomic mass is 16.4. The summed E-state index contributed by atoms with van der Waals surface area (Å²) in [6.45, 7) is 1.24. The van der Waals surface area contributed by atoms with Crippen LogP contribution in [-0.2, 0) is 0 Å². The molecule has 1 unspecified atom stereocenters. The Morgan fingerprint density at radius 1 is 1.19 bits per heavy atom. The SMILES string of the molecule is O=C(NC1[C@H]2CN(C(=O)c3ccccn3)C[C@@H]12)c1ccc2[nH]c(=O)oc2c1. The van der Waals surface area contributed by atoms with Crippen LogP contribution in [0.1, 0.15) is 20.8 Å². The number of likely N-dealkylation sites (tertiary alicyclic amines) is 1. The third kappa shape index (κ3) is 2.69. The number of hydrogen-bond donors (Lipinski definition) is 2. The van der Waals surface area contributed by atoms with Gasteiger partial charge in [-0.3, -0.25) is 19.6 Å². The molecule has 2 aliphatic rings. The lowest BCUT2D eigenvalue weighted by Crippen LogP contribution is -2.37. The molecule has 2 N–H and O–H groups in total. The Bertz CT molecular complexity index is 1090. The Morgan fingerprint density at radius 3 is 2.74 bits per heavy atom. The van der Waals surface area contributed by atoms with Gasteiger partial charge in [0, 0.05) is 42.7 Å². The van der Waals surface area contributed by atoms with Gasteiger partial charge in [-0.15, -0.1) is 0 Å². The zero-order valence-corrected chi connectivity index (χ0v) is 14.2. The molecule has 1 aliphatic carbocycles. The average molecular weight is 364 g/mol. The zero-order chi connectivity index (χ0) is 18.5. The van der Waals surface area contributed by atoms with Gasteiger partial charge in [-0.1, -0.05) is 6.07 Å². The molecule has 3 heterocycles. The Kier molecular flexibility index (Phi) is 3.40. The van der Waals surface area contributed by atoms with Crippen molar-refractivity contribution in [2.24, 2.45) is 11.8 Å². The molecule has 1 aromatic carbocycles. The summed E-state index contributed by atoms with van der Waals surface area (Å²) < 4.78 is 5.00. The van der Waals surface area contributed by atoms with Crippen LogP contribution < -0.4 is 11.1 Å². The number of carbonyl (C=O) groups is 2. The number of benzene rings is 1. The highest BCUT2D eigenvalue weighted by Gasteiger charge is 2.57. The highest BCUT2D eigenvalue weighted by molar-refractivity contribution is 5.97. The molecule has 3 atom stereocenters. The fraction of sp³-hybridized carbons (Fsp3) is 0.263. The second kappa shape index (κ2) is 5.80. The highest BCUT2D eigenvalue weighted by Crippen LogP contribution is 2.45. The van der Waals surface area contributed by atoms with Crippen molar-refractivity contribution in [1.82, 2.24) is 20.2 Å². The van der Waals surface area contributed by atoms with Gasteiger partial charge in [0.05, 0.1) is 5.52 Å². The van der Waals surface area contributed by atoms with E-state index in [1.165, 1.54) is 0 Å². The standard InChI is InChI=1S/C19H16N4O4/c24-17(10-4-5-13-15(7-10)27-19(26)21-13)22-16-11-8-23(9-12(11)16)18(25)14-3-1-2-6-20-14/h1-7,11-12,16H,8-9H2,(H,21,26)(H,22,24)/t11-,12+,16?. The fourth-order valence-corrected chi connectivity index (χ4v) is 3.88. The molecule has 0 spiro atoms. The summed E-state index contributed by atoms with van der Waals surface area (Å²) in [6.07, 6.45) is 1.61. The molecule has 136 valence electrons. The van der Waals surface area contributed by atoms with Crippen molar-refractivity contribution in [3.63, 3.8) is 0 Å². The molecule has 0 bridgehead atoms. The average Bonchev–Trinajstić information content (AvgIpc) is 3.02. The van der Waals surface area contributed by atoms with Crippen molar-refractivity contribution >= 4 is 22.9 Å². The van der Waals surface area contributed by atoms with Gasteiger partial charge >= 0.3 is 5.76 Å². The van der Waals surface area contributed by atoms with Gasteiger partial charge in [-0.2, -0.15) is 0 Å². The first-order chi connectivity index (χ1) is 13.1. The maximum Gasteiger partial charge on any atom is 0.417 e. The normalized spacial score (nSPS) is 23.3. The fourth-order valence-electron chi connectivity index (χ4n) is 3.88. The number of carbonyl (C=O) groups excluding carboxylic acids is 2. The van der Waals surface area contributed by atoms with Crippen LogP contribution in [0.3, 0.4) is 0 Å². The molecule has 0 radical (unpaired) electrons. The van der Waals surface area contributed by atoms with Crippen molar-refractivity contribution in [1.29, 1.82) is 0 Å².